The fraction of sp³-hybridized carbons (Fsp3) is 0.905. The van der Waals surface area contributed by atoms with E-state index < -0.39 is 26.6 Å². The molecule has 0 aliphatic rings. The van der Waals surface area contributed by atoms with E-state index in [4.69, 9.17) is 9.16 Å². The van der Waals surface area contributed by atoms with E-state index >= 15 is 0 Å². The van der Waals surface area contributed by atoms with Crippen molar-refractivity contribution < 1.29 is 18.8 Å². The molecule has 27 heavy (non-hydrogen) atoms. The van der Waals surface area contributed by atoms with Gasteiger partial charge < -0.3 is 14.1 Å². The van der Waals surface area contributed by atoms with Gasteiger partial charge in [0.2, 0.25) is 0 Å². The van der Waals surface area contributed by atoms with Gasteiger partial charge in [-0.15, -0.1) is 0 Å². The lowest BCUT2D eigenvalue weighted by molar-refractivity contribution is -0.133. The van der Waals surface area contributed by atoms with Crippen LogP contribution in [0.4, 0.5) is 4.79 Å². The number of ketones is 1. The fourth-order valence-electron chi connectivity index (χ4n) is 2.83. The highest BCUT2D eigenvalue weighted by atomic mass is 28.4. The van der Waals surface area contributed by atoms with E-state index in [0.717, 1.165) is 0 Å². The number of amides is 1. The zero-order chi connectivity index (χ0) is 21.7. The first-order chi connectivity index (χ1) is 12.0. The molecule has 1 amide bonds. The third-order valence-electron chi connectivity index (χ3n) is 5.19. The van der Waals surface area contributed by atoms with Crippen molar-refractivity contribution in [3.8, 4) is 0 Å². The van der Waals surface area contributed by atoms with Gasteiger partial charge in [0.25, 0.3) is 0 Å². The highest BCUT2D eigenvalue weighted by Crippen LogP contribution is 2.38. The van der Waals surface area contributed by atoms with E-state index in [9.17, 15) is 9.59 Å². The lowest BCUT2D eigenvalue weighted by Gasteiger charge is -2.40. The Kier molecular flexibility index (Phi) is 9.73. The van der Waals surface area contributed by atoms with Crippen LogP contribution in [0.3, 0.4) is 0 Å². The summed E-state index contributed by atoms with van der Waals surface area (Å²) >= 11 is 0. The SMILES string of the molecule is CC(C)CC(=O)C(OC(=O)N(C(C)C)C(C)C)[C@@H](C)O[Si](C)(C)C(C)(C)C. The number of carbonyl (C=O) groups is 2. The number of nitrogens with zero attached hydrogens (tertiary/aromatic N) is 1. The predicted molar refractivity (Wildman–Crippen MR) is 115 cm³/mol. The van der Waals surface area contributed by atoms with E-state index in [1.165, 1.54) is 0 Å². The Bertz CT molecular complexity index is 487. The summed E-state index contributed by atoms with van der Waals surface area (Å²) in [6.07, 6.45) is -1.43. The maximum absolute atomic E-state index is 12.9. The largest absolute Gasteiger partial charge is 0.435 e. The van der Waals surface area contributed by atoms with Gasteiger partial charge in [-0.3, -0.25) is 4.79 Å². The van der Waals surface area contributed by atoms with Crippen LogP contribution in [0.1, 0.15) is 75.7 Å². The second-order valence-electron chi connectivity index (χ2n) is 10.0. The lowest BCUT2D eigenvalue weighted by atomic mass is 10.0. The average molecular weight is 402 g/mol. The van der Waals surface area contributed by atoms with E-state index in [1.807, 2.05) is 48.5 Å². The molecule has 0 N–H and O–H groups in total. The molecule has 6 heteroatoms. The van der Waals surface area contributed by atoms with Crippen molar-refractivity contribution >= 4 is 20.2 Å². The van der Waals surface area contributed by atoms with Crippen molar-refractivity contribution in [3.05, 3.63) is 0 Å². The van der Waals surface area contributed by atoms with Gasteiger partial charge in [0.1, 0.15) is 0 Å². The van der Waals surface area contributed by atoms with Crippen LogP contribution in [-0.4, -0.2) is 49.4 Å². The van der Waals surface area contributed by atoms with Gasteiger partial charge in [-0.05, 0) is 58.7 Å². The van der Waals surface area contributed by atoms with Crippen LogP contribution in [-0.2, 0) is 14.0 Å². The Morgan fingerprint density at radius 1 is 0.926 bits per heavy atom. The molecule has 0 aromatic heterocycles. The summed E-state index contributed by atoms with van der Waals surface area (Å²) < 4.78 is 12.1. The minimum Gasteiger partial charge on any atom is -0.435 e. The average Bonchev–Trinajstić information content (AvgIpc) is 2.40. The number of Topliss-reactive ketones (excluding diaryl/α,β-unsaturated/α-hetero) is 1. The molecule has 0 saturated heterocycles. The Morgan fingerprint density at radius 2 is 1.37 bits per heavy atom. The summed E-state index contributed by atoms with van der Waals surface area (Å²) in [4.78, 5) is 27.3. The van der Waals surface area contributed by atoms with Crippen molar-refractivity contribution in [1.29, 1.82) is 0 Å². The molecule has 1 unspecified atom stereocenters. The number of rotatable bonds is 9. The molecule has 160 valence electrons. The number of ether oxygens (including phenoxy) is 1. The van der Waals surface area contributed by atoms with Crippen LogP contribution >= 0.6 is 0 Å². The summed E-state index contributed by atoms with van der Waals surface area (Å²) in [6.45, 7) is 24.4. The van der Waals surface area contributed by atoms with Crippen molar-refractivity contribution in [2.24, 2.45) is 5.92 Å². The topological polar surface area (TPSA) is 55.8 Å². The molecule has 0 aliphatic heterocycles. The van der Waals surface area contributed by atoms with Gasteiger partial charge >= 0.3 is 6.09 Å². The minimum atomic E-state index is -2.10. The first-order valence-corrected chi connectivity index (χ1v) is 13.1. The van der Waals surface area contributed by atoms with Gasteiger partial charge in [-0.1, -0.05) is 34.6 Å². The van der Waals surface area contributed by atoms with Crippen LogP contribution in [0.2, 0.25) is 18.1 Å². The standard InChI is InChI=1S/C21H43NO4Si/c1-14(2)13-18(23)19(17(7)26-27(11,12)21(8,9)10)25-20(24)22(15(3)4)16(5)6/h14-17,19H,13H2,1-12H3/t17-,19?/m1/s1. The first-order valence-electron chi connectivity index (χ1n) is 10.2. The highest BCUT2D eigenvalue weighted by Gasteiger charge is 2.42. The summed E-state index contributed by atoms with van der Waals surface area (Å²) in [7, 11) is -2.10. The molecule has 0 radical (unpaired) electrons. The van der Waals surface area contributed by atoms with Crippen LogP contribution in [0.25, 0.3) is 0 Å². The van der Waals surface area contributed by atoms with Crippen LogP contribution in [0, 0.1) is 5.92 Å². The quantitative estimate of drug-likeness (QED) is 0.469. The van der Waals surface area contributed by atoms with Crippen molar-refractivity contribution in [3.63, 3.8) is 0 Å². The molecular formula is C21H43NO4Si. The molecule has 0 aromatic rings. The minimum absolute atomic E-state index is 0.00466. The van der Waals surface area contributed by atoms with Gasteiger partial charge in [0.15, 0.2) is 20.2 Å². The molecular weight excluding hydrogens is 358 g/mol. The molecule has 0 aliphatic carbocycles. The van der Waals surface area contributed by atoms with Crippen molar-refractivity contribution in [1.82, 2.24) is 4.90 Å². The van der Waals surface area contributed by atoms with Crippen molar-refractivity contribution in [2.75, 3.05) is 0 Å². The Balaban J connectivity index is 5.58. The third-order valence-corrected chi connectivity index (χ3v) is 9.76. The summed E-state index contributed by atoms with van der Waals surface area (Å²) in [5.41, 5.74) is 0. The molecule has 2 atom stereocenters. The zero-order valence-corrected chi connectivity index (χ0v) is 20.7. The van der Waals surface area contributed by atoms with Crippen LogP contribution in [0.5, 0.6) is 0 Å². The maximum Gasteiger partial charge on any atom is 0.411 e. The molecule has 5 nitrogen and oxygen atoms in total. The fourth-order valence-corrected chi connectivity index (χ4v) is 4.24. The van der Waals surface area contributed by atoms with Crippen molar-refractivity contribution in [2.45, 2.75) is 118 Å². The molecule has 0 spiro atoms. The normalized spacial score (nSPS) is 15.2. The van der Waals surface area contributed by atoms with E-state index in [1.54, 1.807) is 4.90 Å². The number of hydrogen-bond acceptors (Lipinski definition) is 4. The van der Waals surface area contributed by atoms with Gasteiger partial charge in [0.05, 0.1) is 6.10 Å². The molecule has 0 rings (SSSR count). The Morgan fingerprint density at radius 3 is 1.70 bits per heavy atom. The van der Waals surface area contributed by atoms with Crippen LogP contribution < -0.4 is 0 Å². The summed E-state index contributed by atoms with van der Waals surface area (Å²) in [5.74, 6) is 0.127. The molecule has 0 bridgehead atoms. The zero-order valence-electron chi connectivity index (χ0n) is 19.7. The lowest BCUT2D eigenvalue weighted by Crippen LogP contribution is -2.51. The third kappa shape index (κ3) is 7.94. The Labute approximate surface area is 168 Å². The summed E-state index contributed by atoms with van der Waals surface area (Å²) in [5, 5.41) is 0.0127. The monoisotopic (exact) mass is 401 g/mol. The van der Waals surface area contributed by atoms with E-state index in [0.29, 0.717) is 6.42 Å². The molecule has 0 aromatic carbocycles. The molecule has 0 heterocycles. The maximum atomic E-state index is 12.9. The molecule has 0 saturated carbocycles. The van der Waals surface area contributed by atoms with Gasteiger partial charge in [-0.2, -0.15) is 0 Å². The van der Waals surface area contributed by atoms with Gasteiger partial charge in [0, 0.05) is 18.5 Å². The van der Waals surface area contributed by atoms with E-state index in [-0.39, 0.29) is 28.8 Å². The second-order valence-corrected chi connectivity index (χ2v) is 14.8. The van der Waals surface area contributed by atoms with Crippen LogP contribution in [0.15, 0.2) is 0 Å². The number of carbonyl (C=O) groups excluding carboxylic acids is 2. The first kappa shape index (κ1) is 26.1. The molecule has 0 fully saturated rings. The second kappa shape index (κ2) is 10.1. The highest BCUT2D eigenvalue weighted by molar-refractivity contribution is 6.74. The predicted octanol–water partition coefficient (Wildman–Crippen LogP) is 5.64. The smallest absolute Gasteiger partial charge is 0.411 e. The van der Waals surface area contributed by atoms with Gasteiger partial charge in [-0.25, -0.2) is 4.79 Å². The summed E-state index contributed by atoms with van der Waals surface area (Å²) in [6, 6.07) is -0.00932. The Hall–Kier alpha value is -0.883. The number of hydrogen-bond donors (Lipinski definition) is 0. The van der Waals surface area contributed by atoms with E-state index in [2.05, 4.69) is 33.9 Å².